The lowest BCUT2D eigenvalue weighted by Crippen LogP contribution is -2.46. The molecule has 13 aromatic rings. The number of morpholine rings is 4. The molecule has 10 aliphatic rings. The number of halogens is 2. The molecule has 18 heterocycles. The zero-order valence-corrected chi connectivity index (χ0v) is 82.6. The quantitative estimate of drug-likeness (QED) is 0.0283. The predicted molar refractivity (Wildman–Crippen MR) is 538 cm³/mol. The third-order valence-corrected chi connectivity index (χ3v) is 31.3. The van der Waals surface area contributed by atoms with Gasteiger partial charge in [-0.15, -0.1) is 0 Å². The third-order valence-electron chi connectivity index (χ3n) is 27.7. The van der Waals surface area contributed by atoms with Crippen molar-refractivity contribution in [3.63, 3.8) is 0 Å². The highest BCUT2D eigenvalue weighted by Gasteiger charge is 2.35. The summed E-state index contributed by atoms with van der Waals surface area (Å²) < 4.78 is 52.4. The Morgan fingerprint density at radius 3 is 1.36 bits per heavy atom. The number of benzene rings is 1. The lowest BCUT2D eigenvalue weighted by atomic mass is 9.90. The average Bonchev–Trinajstić information content (AvgIpc) is 1.62. The maximum absolute atomic E-state index is 6.06. The molecule has 23 rings (SSSR count). The first-order valence-electron chi connectivity index (χ1n) is 48.5. The van der Waals surface area contributed by atoms with Gasteiger partial charge in [0.15, 0.2) is 17.5 Å². The van der Waals surface area contributed by atoms with E-state index < -0.39 is 0 Å². The van der Waals surface area contributed by atoms with Crippen LogP contribution < -0.4 is 42.5 Å². The van der Waals surface area contributed by atoms with Crippen LogP contribution in [0.3, 0.4) is 0 Å². The fourth-order valence-electron chi connectivity index (χ4n) is 20.6. The van der Waals surface area contributed by atoms with Gasteiger partial charge in [0.1, 0.15) is 54.2 Å². The van der Waals surface area contributed by atoms with Crippen molar-refractivity contribution in [2.75, 3.05) is 168 Å². The summed E-state index contributed by atoms with van der Waals surface area (Å²) in [7, 11) is 0. The Balaban J connectivity index is 0.000000112. The summed E-state index contributed by atoms with van der Waals surface area (Å²) in [4.78, 5) is 55.3. The normalized spacial score (nSPS) is 23.8. The number of nitrogens with zero attached hydrogens (tertiary/aromatic N) is 20. The first-order valence-corrected chi connectivity index (χ1v) is 52.4. The summed E-state index contributed by atoms with van der Waals surface area (Å²) in [5, 5.41) is 52.2. The Hall–Kier alpha value is -9.38. The molecule has 10 fully saturated rings. The molecule has 1 unspecified atom stereocenters. The van der Waals surface area contributed by atoms with Crippen LogP contribution in [0.15, 0.2) is 88.5 Å². The Labute approximate surface area is 814 Å². The van der Waals surface area contributed by atoms with Crippen molar-refractivity contribution in [1.29, 1.82) is 0 Å². The molecule has 0 bridgehead atoms. The van der Waals surface area contributed by atoms with Crippen molar-refractivity contribution in [2.24, 2.45) is 0 Å². The number of aryl methyl sites for hydroxylation is 3. The lowest BCUT2D eigenvalue weighted by molar-refractivity contribution is -0.0371. The van der Waals surface area contributed by atoms with Crippen LogP contribution in [0.1, 0.15) is 164 Å². The van der Waals surface area contributed by atoms with Gasteiger partial charge in [-0.2, -0.15) is 68.3 Å². The lowest BCUT2D eigenvalue weighted by Gasteiger charge is -2.39. The van der Waals surface area contributed by atoms with Gasteiger partial charge in [-0.25, -0.2) is 4.68 Å². The average molecular weight is 2030 g/mol. The molecule has 6 saturated heterocycles. The maximum Gasteiger partial charge on any atom is 0.231 e. The van der Waals surface area contributed by atoms with Crippen LogP contribution in [-0.4, -0.2) is 286 Å². The van der Waals surface area contributed by atoms with Gasteiger partial charge < -0.3 is 80.9 Å². The summed E-state index contributed by atoms with van der Waals surface area (Å²) >= 11 is 11.6. The number of ether oxygens (including phenoxy) is 6. The predicted octanol–water partition coefficient (Wildman–Crippen LogP) is 17.0. The number of H-pyrrole nitrogens is 3. The smallest absolute Gasteiger partial charge is 0.231 e. The Morgan fingerprint density at radius 1 is 0.422 bits per heavy atom. The van der Waals surface area contributed by atoms with Crippen molar-refractivity contribution in [2.45, 2.75) is 216 Å². The van der Waals surface area contributed by atoms with Crippen molar-refractivity contribution >= 4 is 178 Å². The number of anilines is 12. The second-order valence-electron chi connectivity index (χ2n) is 36.8. The molecule has 0 amide bonds. The van der Waals surface area contributed by atoms with Crippen molar-refractivity contribution < 1.29 is 28.4 Å². The van der Waals surface area contributed by atoms with Gasteiger partial charge in [-0.05, 0) is 246 Å². The van der Waals surface area contributed by atoms with Crippen LogP contribution in [0.4, 0.5) is 67.8 Å². The Morgan fingerprint density at radius 2 is 0.874 bits per heavy atom. The standard InChI is InChI=1S/C29H37N9O2.C24H33BrN8O2S.C20H26BrN7OS.C20H27N7OS/c1-2-4-20(5-3-1)26-25-27(31-21-6-8-23(9-7-21)37-12-16-40-17-13-37)33-29(34-28(25)36-35-26)32-22-18-30-38(19-22)24-10-14-39-15-11-24;1-15-14-18(36-31-15)27-24-28-22(26-16-5-7-17(8-6-16)32-9-12-34-13-10-32)20-21(25)30-33(23(20)29-24)19-4-2-3-11-35-19;1-12-10-16(30-27-12)24-20-25-18-17(15(21)11-22-18)19(26-20)23-13-2-4-14(5-3-13)28-6-8-29-9-7-28;1-13-12-17(29-26-13)23-20-24-18-16(6-7-21-18)19(25-20)22-14-2-4-15(5-3-14)27-8-10-28-11-9-27/h1-5,18-19,21,23-24H,6-17H2,(H3,31,32,33,34,35,36);14,16-17,19H,2-13H2,1H3,(H2,26,27,28,29);10-11,13-14H,2-9H2,1H3,(H3,22,23,24,25,26);6-7,12,14-15H,2-5,8-11H2,1H3,(H3,21,22,23,24,25). The van der Waals surface area contributed by atoms with Gasteiger partial charge in [0.2, 0.25) is 23.8 Å². The SMILES string of the molecule is Cc1cc(Nc2nc(NC3CCC(N4CCOCC4)CC3)c3c(Br)c[nH]c3n2)sn1.Cc1cc(Nc2nc(NC3CCC(N4CCOCC4)CC3)c3c(Br)nn(C4CCCCO4)c3n2)sn1.Cc1cc(Nc2nc(NC3CCC(N4CCOCC4)CC3)c3cc[nH]c3n2)sn1.c1ccc(-c2[nH]nc3nc(Nc4cnn(C5CCOCC5)c4)nc(NC4CCC(N5CCOCC5)CC4)c23)cc1. The fourth-order valence-corrected chi connectivity index (χ4v) is 23.6. The fraction of sp³-hybridized carbons (Fsp3) is 0.570. The highest BCUT2D eigenvalue weighted by Crippen LogP contribution is 2.42. The second kappa shape index (κ2) is 44.6. The number of nitrogens with one attached hydrogen (secondary N) is 11. The van der Waals surface area contributed by atoms with Crippen LogP contribution in [0.2, 0.25) is 0 Å². The van der Waals surface area contributed by atoms with E-state index in [-0.39, 0.29) is 6.23 Å². The zero-order valence-electron chi connectivity index (χ0n) is 76.9. The molecule has 4 saturated carbocycles. The van der Waals surface area contributed by atoms with E-state index in [9.17, 15) is 0 Å². The van der Waals surface area contributed by atoms with E-state index in [0.717, 1.165) is 328 Å². The molecule has 0 radical (unpaired) electrons. The van der Waals surface area contributed by atoms with E-state index in [1.54, 1.807) is 0 Å². The third kappa shape index (κ3) is 23.5. The van der Waals surface area contributed by atoms with Crippen LogP contribution in [0.5, 0.6) is 0 Å². The van der Waals surface area contributed by atoms with Gasteiger partial charge in [0.25, 0.3) is 0 Å². The van der Waals surface area contributed by atoms with E-state index in [4.69, 9.17) is 63.4 Å². The van der Waals surface area contributed by atoms with E-state index >= 15 is 0 Å². The van der Waals surface area contributed by atoms with Crippen LogP contribution >= 0.6 is 66.5 Å². The van der Waals surface area contributed by atoms with Crippen LogP contribution in [0, 0.1) is 20.8 Å². The summed E-state index contributed by atoms with van der Waals surface area (Å²) in [6, 6.07) is 22.9. The van der Waals surface area contributed by atoms with Crippen LogP contribution in [0.25, 0.3) is 55.4 Å². The van der Waals surface area contributed by atoms with Gasteiger partial charge >= 0.3 is 0 Å². The van der Waals surface area contributed by atoms with E-state index in [1.165, 1.54) is 86.0 Å². The molecular formula is C93H123Br2N31O6S3. The molecule has 1 atom stereocenters. The zero-order chi connectivity index (χ0) is 91.3. The first kappa shape index (κ1) is 93.3. The van der Waals surface area contributed by atoms with E-state index in [0.29, 0.717) is 83.8 Å². The molecule has 718 valence electrons. The minimum Gasteiger partial charge on any atom is -0.381 e. The topological polar surface area (TPSA) is 402 Å². The molecule has 0 spiro atoms. The number of hydrogen-bond acceptors (Lipinski definition) is 35. The highest BCUT2D eigenvalue weighted by molar-refractivity contribution is 9.11. The number of aromatic amines is 3. The van der Waals surface area contributed by atoms with Crippen molar-refractivity contribution in [3.8, 4) is 11.3 Å². The molecule has 135 heavy (non-hydrogen) atoms. The summed E-state index contributed by atoms with van der Waals surface area (Å²) in [6.07, 6.45) is 31.3. The van der Waals surface area contributed by atoms with Gasteiger partial charge in [0.05, 0.1) is 115 Å². The van der Waals surface area contributed by atoms with Crippen molar-refractivity contribution in [1.82, 2.24) is 112 Å². The summed E-state index contributed by atoms with van der Waals surface area (Å²) in [5.74, 6) is 5.61. The number of rotatable bonds is 23. The van der Waals surface area contributed by atoms with E-state index in [1.807, 2.05) is 97.4 Å². The number of hydrogen-bond donors (Lipinski definition) is 11. The molecule has 12 aromatic heterocycles. The first-order chi connectivity index (χ1) is 66.3. The monoisotopic (exact) mass is 2020 g/mol. The minimum atomic E-state index is -0.113. The highest BCUT2D eigenvalue weighted by atomic mass is 79.9. The van der Waals surface area contributed by atoms with Gasteiger partial charge in [-0.3, -0.25) is 29.4 Å². The molecule has 11 N–H and O–H groups in total. The number of fused-ring (bicyclic) bond motifs is 4. The summed E-state index contributed by atoms with van der Waals surface area (Å²) in [5.41, 5.74) is 8.87. The molecule has 4 aliphatic carbocycles. The van der Waals surface area contributed by atoms with Gasteiger partial charge in [-0.1, -0.05) is 30.3 Å². The molecule has 6 aliphatic heterocycles. The minimum absolute atomic E-state index is 0.113. The molecule has 1 aromatic carbocycles. The molecule has 42 heteroatoms. The maximum atomic E-state index is 6.06. The van der Waals surface area contributed by atoms with Crippen LogP contribution in [-0.2, 0) is 28.4 Å². The number of aromatic nitrogens is 19. The van der Waals surface area contributed by atoms with E-state index in [2.05, 4.69) is 154 Å². The second-order valence-corrected chi connectivity index (χ2v) is 40.9. The Kier molecular flexibility index (Phi) is 30.8. The molecular weight excluding hydrogens is 1900 g/mol. The van der Waals surface area contributed by atoms with Gasteiger partial charge in [0, 0.05) is 149 Å². The Bertz CT molecular complexity index is 5980. The molecule has 37 nitrogen and oxygen atoms in total. The van der Waals surface area contributed by atoms with Crippen molar-refractivity contribution in [3.05, 3.63) is 106 Å². The summed E-state index contributed by atoms with van der Waals surface area (Å²) in [6.45, 7) is 23.6. The largest absolute Gasteiger partial charge is 0.381 e.